The van der Waals surface area contributed by atoms with Gasteiger partial charge in [0.25, 0.3) is 0 Å². The molecule has 2 rings (SSSR count). The quantitative estimate of drug-likeness (QED) is 0.803. The highest BCUT2D eigenvalue weighted by atomic mass is 19.4. The molecule has 2 amide bonds. The second kappa shape index (κ2) is 5.94. The molecule has 1 aromatic carbocycles. The van der Waals surface area contributed by atoms with Crippen LogP contribution in [0.25, 0.3) is 0 Å². The fourth-order valence-electron chi connectivity index (χ4n) is 2.40. The zero-order chi connectivity index (χ0) is 16.5. The van der Waals surface area contributed by atoms with E-state index < -0.39 is 36.3 Å². The Morgan fingerprint density at radius 2 is 2.00 bits per heavy atom. The van der Waals surface area contributed by atoms with Crippen molar-refractivity contribution in [2.24, 2.45) is 0 Å². The molecule has 22 heavy (non-hydrogen) atoms. The highest BCUT2D eigenvalue weighted by Crippen LogP contribution is 2.27. The summed E-state index contributed by atoms with van der Waals surface area (Å²) < 4.78 is 50.5. The Morgan fingerprint density at radius 1 is 1.36 bits per heavy atom. The third-order valence-corrected chi connectivity index (χ3v) is 3.53. The fraction of sp³-hybridized carbons (Fsp3) is 0.429. The minimum atomic E-state index is -4.63. The lowest BCUT2D eigenvalue weighted by Gasteiger charge is -2.24. The second-order valence-electron chi connectivity index (χ2n) is 5.04. The molecule has 0 radical (unpaired) electrons. The molecule has 0 unspecified atom stereocenters. The van der Waals surface area contributed by atoms with Crippen molar-refractivity contribution in [1.29, 1.82) is 0 Å². The summed E-state index contributed by atoms with van der Waals surface area (Å²) in [5.41, 5.74) is 0.0617. The van der Waals surface area contributed by atoms with Gasteiger partial charge in [0.15, 0.2) is 0 Å². The Labute approximate surface area is 124 Å². The minimum absolute atomic E-state index is 0.0617. The van der Waals surface area contributed by atoms with Crippen molar-refractivity contribution in [3.05, 3.63) is 30.1 Å². The van der Waals surface area contributed by atoms with Gasteiger partial charge in [-0.3, -0.25) is 9.59 Å². The number of halogens is 4. The average molecular weight is 318 g/mol. The van der Waals surface area contributed by atoms with Crippen LogP contribution in [0.15, 0.2) is 24.3 Å². The summed E-state index contributed by atoms with van der Waals surface area (Å²) in [6.45, 7) is 0.147. The number of benzene rings is 1. The normalized spacial score (nSPS) is 18.7. The number of rotatable bonds is 3. The van der Waals surface area contributed by atoms with E-state index in [9.17, 15) is 27.2 Å². The lowest BCUT2D eigenvalue weighted by Crippen LogP contribution is -2.44. The summed E-state index contributed by atoms with van der Waals surface area (Å²) in [5.74, 6) is -2.36. The number of nitrogens with zero attached hydrogens (tertiary/aromatic N) is 2. The Morgan fingerprint density at radius 3 is 2.59 bits per heavy atom. The van der Waals surface area contributed by atoms with Crippen molar-refractivity contribution in [2.45, 2.75) is 25.1 Å². The van der Waals surface area contributed by atoms with Crippen LogP contribution >= 0.6 is 0 Å². The van der Waals surface area contributed by atoms with Gasteiger partial charge in [0.05, 0.1) is 5.69 Å². The first-order valence-corrected chi connectivity index (χ1v) is 6.59. The number of anilines is 1. The Hall–Kier alpha value is -2.12. The van der Waals surface area contributed by atoms with Crippen molar-refractivity contribution in [3.63, 3.8) is 0 Å². The van der Waals surface area contributed by atoms with Crippen LogP contribution in [0, 0.1) is 5.82 Å². The van der Waals surface area contributed by atoms with Crippen molar-refractivity contribution in [1.82, 2.24) is 4.90 Å². The highest BCUT2D eigenvalue weighted by molar-refractivity contribution is 6.01. The largest absolute Gasteiger partial charge is 0.397 e. The van der Waals surface area contributed by atoms with Gasteiger partial charge >= 0.3 is 6.18 Å². The molecule has 8 heteroatoms. The zero-order valence-electron chi connectivity index (χ0n) is 11.7. The van der Waals surface area contributed by atoms with Crippen LogP contribution in [0.3, 0.4) is 0 Å². The van der Waals surface area contributed by atoms with Gasteiger partial charge in [-0.1, -0.05) is 12.1 Å². The second-order valence-corrected chi connectivity index (χ2v) is 5.04. The minimum Gasteiger partial charge on any atom is -0.333 e. The van der Waals surface area contributed by atoms with E-state index in [1.807, 2.05) is 0 Å². The lowest BCUT2D eigenvalue weighted by atomic mass is 10.2. The number of hydrogen-bond donors (Lipinski definition) is 0. The number of hydrogen-bond acceptors (Lipinski definition) is 2. The maximum atomic E-state index is 13.7. The van der Waals surface area contributed by atoms with Gasteiger partial charge in [0, 0.05) is 13.6 Å². The summed E-state index contributed by atoms with van der Waals surface area (Å²) in [7, 11) is 1.15. The van der Waals surface area contributed by atoms with Gasteiger partial charge in [-0.2, -0.15) is 13.2 Å². The van der Waals surface area contributed by atoms with Crippen LogP contribution in [0.1, 0.15) is 12.8 Å². The molecule has 0 saturated carbocycles. The van der Waals surface area contributed by atoms with E-state index in [1.54, 1.807) is 6.07 Å². The molecule has 1 atom stereocenters. The molecule has 0 aliphatic carbocycles. The van der Waals surface area contributed by atoms with Crippen LogP contribution in [0.2, 0.25) is 0 Å². The van der Waals surface area contributed by atoms with Gasteiger partial charge in [0.2, 0.25) is 11.8 Å². The first kappa shape index (κ1) is 16.3. The SMILES string of the molecule is CN(C(=O)CC(F)(F)F)[C@@H]1CCN(c2ccccc2F)C1=O. The predicted octanol–water partition coefficient (Wildman–Crippen LogP) is 2.34. The number of carbonyl (C=O) groups is 2. The molecule has 0 spiro atoms. The van der Waals surface area contributed by atoms with Crippen molar-refractivity contribution in [3.8, 4) is 0 Å². The summed E-state index contributed by atoms with van der Waals surface area (Å²) in [6.07, 6.45) is -6.08. The molecule has 1 fully saturated rings. The average Bonchev–Trinajstić information content (AvgIpc) is 2.78. The third-order valence-electron chi connectivity index (χ3n) is 3.53. The molecule has 4 nitrogen and oxygen atoms in total. The van der Waals surface area contributed by atoms with E-state index >= 15 is 0 Å². The van der Waals surface area contributed by atoms with Crippen molar-refractivity contribution >= 4 is 17.5 Å². The zero-order valence-corrected chi connectivity index (χ0v) is 11.7. The number of likely N-dealkylation sites (N-methyl/N-ethyl adjacent to an activating group) is 1. The van der Waals surface area contributed by atoms with Gasteiger partial charge in [-0.25, -0.2) is 4.39 Å². The molecule has 1 aliphatic heterocycles. The number of alkyl halides is 3. The Bertz CT molecular complexity index is 588. The first-order valence-electron chi connectivity index (χ1n) is 6.59. The molecule has 1 saturated heterocycles. The van der Waals surface area contributed by atoms with Crippen LogP contribution in [0.4, 0.5) is 23.2 Å². The molecule has 1 heterocycles. The standard InChI is InChI=1S/C14H14F4N2O2/c1-19(12(21)8-14(16,17)18)11-6-7-20(13(11)22)10-5-3-2-4-9(10)15/h2-5,11H,6-8H2,1H3/t11-/m1/s1. The summed E-state index contributed by atoms with van der Waals surface area (Å²) >= 11 is 0. The topological polar surface area (TPSA) is 40.6 Å². The Balaban J connectivity index is 2.11. The van der Waals surface area contributed by atoms with E-state index in [1.165, 1.54) is 18.2 Å². The lowest BCUT2D eigenvalue weighted by molar-refractivity contribution is -0.162. The highest BCUT2D eigenvalue weighted by Gasteiger charge is 2.40. The summed E-state index contributed by atoms with van der Waals surface area (Å²) in [6, 6.07) is 4.61. The molecular weight excluding hydrogens is 304 g/mol. The monoisotopic (exact) mass is 318 g/mol. The van der Waals surface area contributed by atoms with Crippen LogP contribution < -0.4 is 4.90 Å². The number of carbonyl (C=O) groups excluding carboxylic acids is 2. The van der Waals surface area contributed by atoms with E-state index in [2.05, 4.69) is 0 Å². The molecule has 120 valence electrons. The summed E-state index contributed by atoms with van der Waals surface area (Å²) in [5, 5.41) is 0. The van der Waals surface area contributed by atoms with Gasteiger partial charge in [-0.15, -0.1) is 0 Å². The summed E-state index contributed by atoms with van der Waals surface area (Å²) in [4.78, 5) is 25.8. The van der Waals surface area contributed by atoms with Gasteiger partial charge in [0.1, 0.15) is 18.3 Å². The van der Waals surface area contributed by atoms with E-state index in [4.69, 9.17) is 0 Å². The molecular formula is C14H14F4N2O2. The molecule has 1 aromatic rings. The smallest absolute Gasteiger partial charge is 0.333 e. The maximum absolute atomic E-state index is 13.7. The van der Waals surface area contributed by atoms with Crippen LogP contribution in [0.5, 0.6) is 0 Å². The van der Waals surface area contributed by atoms with E-state index in [0.29, 0.717) is 0 Å². The third kappa shape index (κ3) is 3.37. The van der Waals surface area contributed by atoms with E-state index in [-0.39, 0.29) is 18.7 Å². The molecule has 0 N–H and O–H groups in total. The molecule has 0 aromatic heterocycles. The fourth-order valence-corrected chi connectivity index (χ4v) is 2.40. The maximum Gasteiger partial charge on any atom is 0.397 e. The van der Waals surface area contributed by atoms with Crippen LogP contribution in [-0.2, 0) is 9.59 Å². The number of para-hydroxylation sites is 1. The molecule has 0 bridgehead atoms. The first-order chi connectivity index (χ1) is 10.2. The van der Waals surface area contributed by atoms with Crippen molar-refractivity contribution < 1.29 is 27.2 Å². The van der Waals surface area contributed by atoms with Gasteiger partial charge < -0.3 is 9.80 Å². The van der Waals surface area contributed by atoms with Crippen LogP contribution in [-0.4, -0.2) is 42.5 Å². The van der Waals surface area contributed by atoms with E-state index in [0.717, 1.165) is 16.8 Å². The predicted molar refractivity (Wildman–Crippen MR) is 70.6 cm³/mol. The number of amides is 2. The molecule has 1 aliphatic rings. The Kier molecular flexibility index (Phi) is 4.39. The van der Waals surface area contributed by atoms with Crippen molar-refractivity contribution in [2.75, 3.05) is 18.5 Å². The van der Waals surface area contributed by atoms with Gasteiger partial charge in [-0.05, 0) is 18.6 Å².